The van der Waals surface area contributed by atoms with Gasteiger partial charge in [-0.05, 0) is 25.0 Å². The maximum atomic E-state index is 12.3. The third kappa shape index (κ3) is 3.70. The van der Waals surface area contributed by atoms with E-state index in [-0.39, 0.29) is 28.9 Å². The molecule has 11 heteroatoms. The summed E-state index contributed by atoms with van der Waals surface area (Å²) in [7, 11) is 0. The number of benzene rings is 1. The van der Waals surface area contributed by atoms with Crippen molar-refractivity contribution in [2.24, 2.45) is 4.99 Å². The quantitative estimate of drug-likeness (QED) is 0.453. The summed E-state index contributed by atoms with van der Waals surface area (Å²) in [6.07, 6.45) is 1.61. The zero-order chi connectivity index (χ0) is 21.0. The van der Waals surface area contributed by atoms with Crippen LogP contribution >= 0.6 is 0 Å². The summed E-state index contributed by atoms with van der Waals surface area (Å²) < 4.78 is 1.02. The molecule has 0 saturated heterocycles. The first kappa shape index (κ1) is 20.2. The van der Waals surface area contributed by atoms with E-state index < -0.39 is 32.7 Å². The van der Waals surface area contributed by atoms with Gasteiger partial charge in [0.25, 0.3) is 11.2 Å². The minimum atomic E-state index is -0.814. The van der Waals surface area contributed by atoms with Crippen molar-refractivity contribution in [1.29, 1.82) is 5.26 Å². The number of nitriles is 1. The molecule has 1 aromatic heterocycles. The number of non-ortho nitro benzene ring substituents is 1. The number of nitro groups is 2. The molecule has 11 nitrogen and oxygen atoms in total. The maximum Gasteiger partial charge on any atom is 0.301 e. The zero-order valence-electron chi connectivity index (χ0n) is 14.9. The summed E-state index contributed by atoms with van der Waals surface area (Å²) in [4.78, 5) is 36.7. The molecule has 0 aliphatic heterocycles. The van der Waals surface area contributed by atoms with E-state index in [0.717, 1.165) is 29.0 Å². The molecule has 0 atom stereocenters. The van der Waals surface area contributed by atoms with Crippen LogP contribution in [-0.2, 0) is 6.54 Å². The second-order valence-electron chi connectivity index (χ2n) is 5.75. The molecular formula is C17H15N5O6. The first-order valence-corrected chi connectivity index (χ1v) is 8.06. The molecule has 0 aliphatic carbocycles. The number of nitrogens with zero attached hydrogens (tertiary/aromatic N) is 5. The number of pyridine rings is 1. The van der Waals surface area contributed by atoms with E-state index >= 15 is 0 Å². The molecule has 0 aliphatic rings. The van der Waals surface area contributed by atoms with Crippen molar-refractivity contribution in [2.75, 3.05) is 0 Å². The Bertz CT molecular complexity index is 1100. The normalized spacial score (nSPS) is 10.8. The van der Waals surface area contributed by atoms with Gasteiger partial charge >= 0.3 is 5.69 Å². The highest BCUT2D eigenvalue weighted by Crippen LogP contribution is 2.31. The van der Waals surface area contributed by atoms with Crippen molar-refractivity contribution < 1.29 is 15.0 Å². The first-order chi connectivity index (χ1) is 13.2. The van der Waals surface area contributed by atoms with E-state index in [2.05, 4.69) is 4.99 Å². The van der Waals surface area contributed by atoms with Crippen LogP contribution in [0, 0.1) is 38.5 Å². The van der Waals surface area contributed by atoms with Gasteiger partial charge in [0.05, 0.1) is 21.5 Å². The van der Waals surface area contributed by atoms with Gasteiger partial charge in [-0.3, -0.25) is 29.6 Å². The molecule has 2 rings (SSSR count). The third-order valence-corrected chi connectivity index (χ3v) is 3.99. The standard InChI is InChI=1S/C17H15N5O6/c1-3-6-20-16(23)12(8-18)10(2)13(17(20)24)9-19-14-5-4-11(21(25)26)7-15(14)22(27)28/h4-5,7,9,24H,3,6H2,1-2H3. The SMILES string of the molecule is CCCn1c(O)c(C=Nc2ccc([N+](=O)[O-])cc2[N+](=O)[O-])c(C)c(C#N)c1=O. The molecular weight excluding hydrogens is 370 g/mol. The third-order valence-electron chi connectivity index (χ3n) is 3.99. The topological polar surface area (TPSA) is 165 Å². The van der Waals surface area contributed by atoms with Crippen LogP contribution in [0.25, 0.3) is 0 Å². The van der Waals surface area contributed by atoms with Gasteiger partial charge in [0.1, 0.15) is 17.3 Å². The molecule has 0 bridgehead atoms. The second-order valence-corrected chi connectivity index (χ2v) is 5.75. The molecule has 0 spiro atoms. The van der Waals surface area contributed by atoms with E-state index in [4.69, 9.17) is 0 Å². The molecule has 1 N–H and O–H groups in total. The van der Waals surface area contributed by atoms with Crippen molar-refractivity contribution in [3.05, 3.63) is 65.5 Å². The average Bonchev–Trinajstić information content (AvgIpc) is 2.65. The highest BCUT2D eigenvalue weighted by Gasteiger charge is 2.20. The minimum Gasteiger partial charge on any atom is -0.494 e. The lowest BCUT2D eigenvalue weighted by Gasteiger charge is -2.13. The predicted molar refractivity (Wildman–Crippen MR) is 99.1 cm³/mol. The molecule has 0 amide bonds. The lowest BCUT2D eigenvalue weighted by Crippen LogP contribution is -2.25. The molecule has 144 valence electrons. The Hall–Kier alpha value is -4.07. The number of hydrogen-bond acceptors (Lipinski definition) is 8. The van der Waals surface area contributed by atoms with Gasteiger partial charge in [-0.2, -0.15) is 5.26 Å². The number of rotatable bonds is 6. The number of nitro benzene ring substituents is 2. The van der Waals surface area contributed by atoms with Gasteiger partial charge in [0.2, 0.25) is 5.88 Å². The van der Waals surface area contributed by atoms with Gasteiger partial charge in [-0.1, -0.05) is 6.92 Å². The average molecular weight is 385 g/mol. The van der Waals surface area contributed by atoms with Crippen molar-refractivity contribution in [3.63, 3.8) is 0 Å². The number of aliphatic imine (C=N–C) groups is 1. The smallest absolute Gasteiger partial charge is 0.301 e. The summed E-state index contributed by atoms with van der Waals surface area (Å²) in [6.45, 7) is 3.39. The van der Waals surface area contributed by atoms with Crippen LogP contribution < -0.4 is 5.56 Å². The molecule has 0 saturated carbocycles. The van der Waals surface area contributed by atoms with E-state index in [1.165, 1.54) is 6.92 Å². The van der Waals surface area contributed by atoms with Crippen molar-refractivity contribution >= 4 is 23.3 Å². The number of hydrogen-bond donors (Lipinski definition) is 1. The van der Waals surface area contributed by atoms with Gasteiger partial charge < -0.3 is 5.11 Å². The van der Waals surface area contributed by atoms with E-state index in [0.29, 0.717) is 6.42 Å². The van der Waals surface area contributed by atoms with Crippen molar-refractivity contribution in [3.8, 4) is 11.9 Å². The summed E-state index contributed by atoms with van der Waals surface area (Å²) >= 11 is 0. The monoisotopic (exact) mass is 385 g/mol. The predicted octanol–water partition coefficient (Wildman–Crippen LogP) is 2.71. The van der Waals surface area contributed by atoms with Gasteiger partial charge in [-0.25, -0.2) is 4.99 Å². The summed E-state index contributed by atoms with van der Waals surface area (Å²) in [5, 5.41) is 41.7. The van der Waals surface area contributed by atoms with Crippen molar-refractivity contribution in [2.45, 2.75) is 26.8 Å². The van der Waals surface area contributed by atoms with Crippen LogP contribution in [0.5, 0.6) is 5.88 Å². The van der Waals surface area contributed by atoms with E-state index in [1.807, 2.05) is 0 Å². The van der Waals surface area contributed by atoms with Crippen LogP contribution in [0.15, 0.2) is 28.0 Å². The van der Waals surface area contributed by atoms with Gasteiger partial charge in [0.15, 0.2) is 0 Å². The van der Waals surface area contributed by atoms with Crippen LogP contribution in [0.4, 0.5) is 17.1 Å². The molecule has 28 heavy (non-hydrogen) atoms. The maximum absolute atomic E-state index is 12.3. The first-order valence-electron chi connectivity index (χ1n) is 8.06. The van der Waals surface area contributed by atoms with Crippen LogP contribution in [-0.4, -0.2) is 25.7 Å². The fourth-order valence-corrected chi connectivity index (χ4v) is 2.57. The molecule has 0 unspecified atom stereocenters. The summed E-state index contributed by atoms with van der Waals surface area (Å²) in [5.74, 6) is -0.420. The zero-order valence-corrected chi connectivity index (χ0v) is 14.9. The molecule has 1 aromatic carbocycles. The molecule has 1 heterocycles. The summed E-state index contributed by atoms with van der Waals surface area (Å²) in [5.41, 5.74) is -1.83. The lowest BCUT2D eigenvalue weighted by atomic mass is 10.1. The molecule has 0 radical (unpaired) electrons. The highest BCUT2D eigenvalue weighted by atomic mass is 16.6. The minimum absolute atomic E-state index is 0.0530. The van der Waals surface area contributed by atoms with Gasteiger partial charge in [-0.15, -0.1) is 0 Å². The Labute approximate surface area is 158 Å². The van der Waals surface area contributed by atoms with Gasteiger partial charge in [0, 0.05) is 18.8 Å². The van der Waals surface area contributed by atoms with E-state index in [1.54, 1.807) is 13.0 Å². The molecule has 2 aromatic rings. The van der Waals surface area contributed by atoms with Crippen LogP contribution in [0.3, 0.4) is 0 Å². The number of aromatic nitrogens is 1. The Morgan fingerprint density at radius 1 is 1.32 bits per heavy atom. The summed E-state index contributed by atoms with van der Waals surface area (Å²) in [6, 6.07) is 4.73. The lowest BCUT2D eigenvalue weighted by molar-refractivity contribution is -0.393. The van der Waals surface area contributed by atoms with E-state index in [9.17, 15) is 35.4 Å². The second kappa shape index (κ2) is 8.09. The highest BCUT2D eigenvalue weighted by molar-refractivity contribution is 5.88. The fourth-order valence-electron chi connectivity index (χ4n) is 2.57. The Kier molecular flexibility index (Phi) is 5.85. The van der Waals surface area contributed by atoms with Crippen LogP contribution in [0.1, 0.15) is 30.0 Å². The Morgan fingerprint density at radius 3 is 2.54 bits per heavy atom. The largest absolute Gasteiger partial charge is 0.494 e. The fraction of sp³-hybridized carbons (Fsp3) is 0.235. The molecule has 0 fully saturated rings. The van der Waals surface area contributed by atoms with Crippen molar-refractivity contribution in [1.82, 2.24) is 4.57 Å². The number of aromatic hydroxyl groups is 1. The Balaban J connectivity index is 2.66. The van der Waals surface area contributed by atoms with Crippen LogP contribution in [0.2, 0.25) is 0 Å². The Morgan fingerprint density at radius 2 is 2.00 bits per heavy atom.